The molecule has 0 saturated heterocycles. The summed E-state index contributed by atoms with van der Waals surface area (Å²) < 4.78 is 33.4. The van der Waals surface area contributed by atoms with E-state index < -0.39 is 17.2 Å². The van der Waals surface area contributed by atoms with Gasteiger partial charge in [0.2, 0.25) is 0 Å². The molecule has 2 nitrogen and oxygen atoms in total. The quantitative estimate of drug-likeness (QED) is 0.896. The average Bonchev–Trinajstić information content (AvgIpc) is 2.44. The van der Waals surface area contributed by atoms with Crippen molar-refractivity contribution in [2.45, 2.75) is 57.1 Å². The number of nitrogens with two attached hydrogens (primary N) is 1. The van der Waals surface area contributed by atoms with Crippen LogP contribution in [-0.2, 0) is 11.2 Å². The Bertz CT molecular complexity index is 418. The van der Waals surface area contributed by atoms with Gasteiger partial charge in [-0.15, -0.1) is 0 Å². The zero-order valence-electron chi connectivity index (χ0n) is 12.0. The molecule has 0 aliphatic heterocycles. The Morgan fingerprint density at radius 1 is 1.20 bits per heavy atom. The lowest BCUT2D eigenvalue weighted by Gasteiger charge is -2.41. The Hall–Kier alpha value is -1.00. The molecule has 0 amide bonds. The number of rotatable bonds is 5. The summed E-state index contributed by atoms with van der Waals surface area (Å²) in [5.41, 5.74) is 5.93. The molecule has 1 unspecified atom stereocenters. The third-order valence-electron chi connectivity index (χ3n) is 4.29. The molecule has 1 atom stereocenters. The zero-order valence-corrected chi connectivity index (χ0v) is 12.0. The fourth-order valence-corrected chi connectivity index (χ4v) is 3.19. The van der Waals surface area contributed by atoms with Crippen LogP contribution in [0.4, 0.5) is 8.78 Å². The van der Waals surface area contributed by atoms with Gasteiger partial charge in [0, 0.05) is 18.2 Å². The van der Waals surface area contributed by atoms with Crippen LogP contribution in [0.1, 0.15) is 44.6 Å². The van der Waals surface area contributed by atoms with Crippen molar-refractivity contribution < 1.29 is 13.5 Å². The van der Waals surface area contributed by atoms with Crippen LogP contribution in [0.25, 0.3) is 0 Å². The predicted octanol–water partition coefficient (Wildman–Crippen LogP) is 3.57. The lowest BCUT2D eigenvalue weighted by Crippen LogP contribution is -2.52. The van der Waals surface area contributed by atoms with Gasteiger partial charge in [-0.2, -0.15) is 0 Å². The van der Waals surface area contributed by atoms with Gasteiger partial charge in [0.05, 0.1) is 5.60 Å². The average molecular weight is 283 g/mol. The Balaban J connectivity index is 2.18. The van der Waals surface area contributed by atoms with Crippen LogP contribution in [0, 0.1) is 11.6 Å². The standard InChI is InChI=1S/C16H23F2NO/c1-2-20-16(9-4-3-5-10-16)15(19)11-12-13(17)7-6-8-14(12)18/h6-8,15H,2-5,9-11,19H2,1H3. The smallest absolute Gasteiger partial charge is 0.129 e. The van der Waals surface area contributed by atoms with Gasteiger partial charge in [-0.05, 0) is 38.3 Å². The second-order valence-corrected chi connectivity index (χ2v) is 5.57. The fraction of sp³-hybridized carbons (Fsp3) is 0.625. The predicted molar refractivity (Wildman–Crippen MR) is 75.5 cm³/mol. The molecular weight excluding hydrogens is 260 g/mol. The van der Waals surface area contributed by atoms with Gasteiger partial charge < -0.3 is 10.5 Å². The van der Waals surface area contributed by atoms with Crippen molar-refractivity contribution in [3.05, 3.63) is 35.4 Å². The first-order valence-corrected chi connectivity index (χ1v) is 7.41. The van der Waals surface area contributed by atoms with E-state index in [1.165, 1.54) is 24.6 Å². The normalized spacial score (nSPS) is 19.8. The summed E-state index contributed by atoms with van der Waals surface area (Å²) in [6.45, 7) is 2.51. The molecule has 20 heavy (non-hydrogen) atoms. The van der Waals surface area contributed by atoms with Gasteiger partial charge >= 0.3 is 0 Å². The minimum absolute atomic E-state index is 0.0738. The highest BCUT2D eigenvalue weighted by Crippen LogP contribution is 2.35. The van der Waals surface area contributed by atoms with Crippen molar-refractivity contribution in [1.82, 2.24) is 0 Å². The summed E-state index contributed by atoms with van der Waals surface area (Å²) in [5.74, 6) is -1.05. The van der Waals surface area contributed by atoms with Gasteiger partial charge in [-0.25, -0.2) is 8.78 Å². The lowest BCUT2D eigenvalue weighted by molar-refractivity contribution is -0.0819. The Morgan fingerprint density at radius 2 is 1.80 bits per heavy atom. The van der Waals surface area contributed by atoms with E-state index in [9.17, 15) is 8.78 Å². The number of halogens is 2. The molecule has 112 valence electrons. The van der Waals surface area contributed by atoms with E-state index in [0.29, 0.717) is 6.61 Å². The molecule has 0 radical (unpaired) electrons. The third kappa shape index (κ3) is 3.18. The molecule has 1 aromatic carbocycles. The van der Waals surface area contributed by atoms with Crippen molar-refractivity contribution in [2.75, 3.05) is 6.61 Å². The molecular formula is C16H23F2NO. The number of ether oxygens (including phenoxy) is 1. The Kier molecular flexibility index (Phi) is 5.11. The molecule has 2 rings (SSSR count). The molecule has 1 aliphatic rings. The molecule has 1 saturated carbocycles. The highest BCUT2D eigenvalue weighted by atomic mass is 19.1. The van der Waals surface area contributed by atoms with Gasteiger partial charge in [0.1, 0.15) is 11.6 Å². The maximum Gasteiger partial charge on any atom is 0.129 e. The van der Waals surface area contributed by atoms with E-state index in [1.54, 1.807) is 0 Å². The van der Waals surface area contributed by atoms with Crippen LogP contribution in [0.15, 0.2) is 18.2 Å². The summed E-state index contributed by atoms with van der Waals surface area (Å²) in [6.07, 6.45) is 5.23. The van der Waals surface area contributed by atoms with Crippen molar-refractivity contribution in [3.8, 4) is 0 Å². The van der Waals surface area contributed by atoms with Crippen LogP contribution in [0.5, 0.6) is 0 Å². The Morgan fingerprint density at radius 3 is 2.35 bits per heavy atom. The third-order valence-corrected chi connectivity index (χ3v) is 4.29. The monoisotopic (exact) mass is 283 g/mol. The van der Waals surface area contributed by atoms with E-state index >= 15 is 0 Å². The minimum atomic E-state index is -0.525. The summed E-state index contributed by atoms with van der Waals surface area (Å²) in [7, 11) is 0. The number of hydrogen-bond donors (Lipinski definition) is 1. The summed E-state index contributed by atoms with van der Waals surface area (Å²) in [4.78, 5) is 0. The molecule has 4 heteroatoms. The van der Waals surface area contributed by atoms with Crippen molar-refractivity contribution >= 4 is 0 Å². The second kappa shape index (κ2) is 6.64. The van der Waals surface area contributed by atoms with E-state index in [4.69, 9.17) is 10.5 Å². The summed E-state index contributed by atoms with van der Waals surface area (Å²) in [6, 6.07) is 3.55. The molecule has 0 aromatic heterocycles. The van der Waals surface area contributed by atoms with E-state index in [2.05, 4.69) is 0 Å². The minimum Gasteiger partial charge on any atom is -0.374 e. The number of benzene rings is 1. The van der Waals surface area contributed by atoms with Gasteiger partial charge in [0.25, 0.3) is 0 Å². The van der Waals surface area contributed by atoms with E-state index in [0.717, 1.165) is 25.7 Å². The highest BCUT2D eigenvalue weighted by Gasteiger charge is 2.39. The van der Waals surface area contributed by atoms with Crippen molar-refractivity contribution in [3.63, 3.8) is 0 Å². The first-order chi connectivity index (χ1) is 9.59. The molecule has 0 heterocycles. The molecule has 1 aromatic rings. The first-order valence-electron chi connectivity index (χ1n) is 7.41. The lowest BCUT2D eigenvalue weighted by atomic mass is 9.77. The summed E-state index contributed by atoms with van der Waals surface area (Å²) >= 11 is 0. The topological polar surface area (TPSA) is 35.2 Å². The maximum atomic E-state index is 13.8. The second-order valence-electron chi connectivity index (χ2n) is 5.57. The van der Waals surface area contributed by atoms with Crippen molar-refractivity contribution in [2.24, 2.45) is 5.73 Å². The molecule has 0 bridgehead atoms. The van der Waals surface area contributed by atoms with Crippen LogP contribution in [0.2, 0.25) is 0 Å². The zero-order chi connectivity index (χ0) is 14.6. The highest BCUT2D eigenvalue weighted by molar-refractivity contribution is 5.21. The van der Waals surface area contributed by atoms with Gasteiger partial charge in [-0.3, -0.25) is 0 Å². The van der Waals surface area contributed by atoms with Gasteiger partial charge in [-0.1, -0.05) is 25.3 Å². The fourth-order valence-electron chi connectivity index (χ4n) is 3.19. The molecule has 2 N–H and O–H groups in total. The number of hydrogen-bond acceptors (Lipinski definition) is 2. The maximum absolute atomic E-state index is 13.8. The van der Waals surface area contributed by atoms with Crippen LogP contribution < -0.4 is 5.73 Å². The summed E-state index contributed by atoms with van der Waals surface area (Å²) in [5, 5.41) is 0. The SMILES string of the molecule is CCOC1(C(N)Cc2c(F)cccc2F)CCCCC1. The van der Waals surface area contributed by atoms with Crippen molar-refractivity contribution in [1.29, 1.82) is 0 Å². The van der Waals surface area contributed by atoms with Crippen LogP contribution in [-0.4, -0.2) is 18.2 Å². The van der Waals surface area contributed by atoms with Gasteiger partial charge in [0.15, 0.2) is 0 Å². The van der Waals surface area contributed by atoms with Crippen LogP contribution >= 0.6 is 0 Å². The largest absolute Gasteiger partial charge is 0.374 e. The van der Waals surface area contributed by atoms with Crippen LogP contribution in [0.3, 0.4) is 0 Å². The molecule has 1 fully saturated rings. The van der Waals surface area contributed by atoms with E-state index in [-0.39, 0.29) is 18.0 Å². The Labute approximate surface area is 119 Å². The van der Waals surface area contributed by atoms with E-state index in [1.807, 2.05) is 6.92 Å². The molecule has 1 aliphatic carbocycles. The first kappa shape index (κ1) is 15.4. The molecule has 0 spiro atoms.